The minimum absolute atomic E-state index is 0.905. The molecule has 3 rings (SSSR count). The zero-order valence-electron chi connectivity index (χ0n) is 7.57. The first-order valence-corrected chi connectivity index (χ1v) is 6.05. The highest BCUT2D eigenvalue weighted by Crippen LogP contribution is 2.26. The largest absolute Gasteiger partial charge is 0.345 e. The molecule has 0 saturated carbocycles. The van der Waals surface area contributed by atoms with Crippen LogP contribution in [0.15, 0.2) is 33.8 Å². The Hall–Kier alpha value is -1.20. The van der Waals surface area contributed by atoms with Crippen LogP contribution in [-0.4, -0.2) is 15.0 Å². The first-order chi connectivity index (χ1) is 7.33. The van der Waals surface area contributed by atoms with Crippen LogP contribution in [0, 0.1) is 0 Å². The highest BCUT2D eigenvalue weighted by atomic mass is 79.9. The summed E-state index contributed by atoms with van der Waals surface area (Å²) in [6, 6.07) is 6.09. The van der Waals surface area contributed by atoms with Crippen molar-refractivity contribution >= 4 is 38.3 Å². The molecule has 0 aliphatic carbocycles. The average Bonchev–Trinajstić information content (AvgIpc) is 2.84. The lowest BCUT2D eigenvalue weighted by Gasteiger charge is -1.95. The van der Waals surface area contributed by atoms with Crippen LogP contribution >= 0.6 is 27.3 Å². The van der Waals surface area contributed by atoms with E-state index in [1.165, 1.54) is 0 Å². The number of H-pyrrole nitrogens is 1. The van der Waals surface area contributed by atoms with E-state index in [2.05, 4.69) is 36.9 Å². The van der Waals surface area contributed by atoms with Crippen LogP contribution in [0.1, 0.15) is 0 Å². The van der Waals surface area contributed by atoms with Crippen molar-refractivity contribution in [1.82, 2.24) is 15.0 Å². The summed E-state index contributed by atoms with van der Waals surface area (Å²) >= 11 is 4.95. The highest BCUT2D eigenvalue weighted by molar-refractivity contribution is 9.11. The van der Waals surface area contributed by atoms with Crippen molar-refractivity contribution < 1.29 is 0 Å². The minimum Gasteiger partial charge on any atom is -0.345 e. The Morgan fingerprint density at radius 2 is 2.27 bits per heavy atom. The Balaban J connectivity index is 2.18. The quantitative estimate of drug-likeness (QED) is 0.741. The van der Waals surface area contributed by atoms with Crippen molar-refractivity contribution in [1.29, 1.82) is 0 Å². The molecule has 15 heavy (non-hydrogen) atoms. The van der Waals surface area contributed by atoms with Gasteiger partial charge in [-0.1, -0.05) is 6.07 Å². The number of imidazole rings is 1. The number of nitrogens with zero attached hydrogens (tertiary/aromatic N) is 2. The number of benzene rings is 1. The maximum atomic E-state index is 4.37. The molecular weight excluding hydrogens is 274 g/mol. The molecule has 3 nitrogen and oxygen atoms in total. The van der Waals surface area contributed by atoms with Crippen LogP contribution in [0.25, 0.3) is 22.3 Å². The fourth-order valence-electron chi connectivity index (χ4n) is 1.48. The van der Waals surface area contributed by atoms with Crippen LogP contribution in [-0.2, 0) is 0 Å². The van der Waals surface area contributed by atoms with Crippen LogP contribution in [0.4, 0.5) is 0 Å². The van der Waals surface area contributed by atoms with Crippen molar-refractivity contribution in [3.63, 3.8) is 0 Å². The number of halogens is 1. The molecule has 2 aromatic heterocycles. The van der Waals surface area contributed by atoms with Gasteiger partial charge in [-0.05, 0) is 28.1 Å². The zero-order valence-corrected chi connectivity index (χ0v) is 9.97. The second-order valence-corrected chi connectivity index (χ2v) is 5.25. The van der Waals surface area contributed by atoms with E-state index in [9.17, 15) is 0 Å². The van der Waals surface area contributed by atoms with Crippen molar-refractivity contribution in [2.24, 2.45) is 0 Å². The fourth-order valence-corrected chi connectivity index (χ4v) is 2.50. The van der Waals surface area contributed by atoms with Gasteiger partial charge in [0.2, 0.25) is 0 Å². The number of aromatic nitrogens is 3. The Morgan fingerprint density at radius 3 is 3.07 bits per heavy atom. The van der Waals surface area contributed by atoms with E-state index in [-0.39, 0.29) is 0 Å². The molecule has 0 unspecified atom stereocenters. The summed E-state index contributed by atoms with van der Waals surface area (Å²) in [5, 5.41) is 2.03. The molecule has 0 saturated heterocycles. The number of aromatic amines is 1. The highest BCUT2D eigenvalue weighted by Gasteiger charge is 2.04. The fraction of sp³-hybridized carbons (Fsp3) is 0. The van der Waals surface area contributed by atoms with Crippen LogP contribution < -0.4 is 0 Å². The summed E-state index contributed by atoms with van der Waals surface area (Å²) in [7, 11) is 0. The van der Waals surface area contributed by atoms with E-state index in [1.807, 2.05) is 17.5 Å². The number of nitrogens with one attached hydrogen (secondary N) is 1. The number of hydrogen-bond acceptors (Lipinski definition) is 3. The number of rotatable bonds is 1. The van der Waals surface area contributed by atoms with Gasteiger partial charge in [-0.2, -0.15) is 0 Å². The predicted octanol–water partition coefficient (Wildman–Crippen LogP) is 3.45. The SMILES string of the molecule is Brc1nc(-c2ccc3nc[nH]c3c2)cs1. The van der Waals surface area contributed by atoms with E-state index < -0.39 is 0 Å². The molecule has 0 spiro atoms. The molecule has 0 fully saturated rings. The maximum Gasteiger partial charge on any atom is 0.159 e. The zero-order chi connectivity index (χ0) is 10.3. The Bertz CT molecular complexity index is 614. The summed E-state index contributed by atoms with van der Waals surface area (Å²) in [4.78, 5) is 11.6. The van der Waals surface area contributed by atoms with Crippen molar-refractivity contribution in [3.05, 3.63) is 33.8 Å². The van der Waals surface area contributed by atoms with Crippen molar-refractivity contribution in [2.45, 2.75) is 0 Å². The molecule has 3 aromatic rings. The summed E-state index contributed by atoms with van der Waals surface area (Å²) in [5.41, 5.74) is 4.11. The molecular formula is C10H6BrN3S. The molecule has 0 bridgehead atoms. The van der Waals surface area contributed by atoms with Crippen LogP contribution in [0.3, 0.4) is 0 Å². The third-order valence-corrected chi connectivity index (χ3v) is 3.56. The summed E-state index contributed by atoms with van der Waals surface area (Å²) in [6.45, 7) is 0. The summed E-state index contributed by atoms with van der Waals surface area (Å²) in [5.74, 6) is 0. The molecule has 74 valence electrons. The monoisotopic (exact) mass is 279 g/mol. The van der Waals surface area contributed by atoms with E-state index >= 15 is 0 Å². The number of thiazole rings is 1. The van der Waals surface area contributed by atoms with Crippen LogP contribution in [0.2, 0.25) is 0 Å². The van der Waals surface area contributed by atoms with Gasteiger partial charge in [0.15, 0.2) is 3.92 Å². The molecule has 2 heterocycles. The molecule has 5 heteroatoms. The Morgan fingerprint density at radius 1 is 1.33 bits per heavy atom. The Labute approximate surface area is 98.3 Å². The standard InChI is InChI=1S/C10H6BrN3S/c11-10-14-9(4-15-10)6-1-2-7-8(3-6)13-5-12-7/h1-5H,(H,12,13). The number of hydrogen-bond donors (Lipinski definition) is 1. The first-order valence-electron chi connectivity index (χ1n) is 4.37. The molecule has 0 amide bonds. The topological polar surface area (TPSA) is 41.6 Å². The lowest BCUT2D eigenvalue weighted by Crippen LogP contribution is -1.77. The number of fused-ring (bicyclic) bond motifs is 1. The van der Waals surface area contributed by atoms with Gasteiger partial charge in [0, 0.05) is 10.9 Å². The van der Waals surface area contributed by atoms with Gasteiger partial charge in [-0.25, -0.2) is 9.97 Å². The van der Waals surface area contributed by atoms with Gasteiger partial charge in [-0.3, -0.25) is 0 Å². The maximum absolute atomic E-state index is 4.37. The van der Waals surface area contributed by atoms with E-state index in [0.717, 1.165) is 26.2 Å². The van der Waals surface area contributed by atoms with Gasteiger partial charge < -0.3 is 4.98 Å². The first kappa shape index (κ1) is 9.06. The van der Waals surface area contributed by atoms with Crippen LogP contribution in [0.5, 0.6) is 0 Å². The molecule has 0 atom stereocenters. The second-order valence-electron chi connectivity index (χ2n) is 3.12. The minimum atomic E-state index is 0.905. The van der Waals surface area contributed by atoms with Gasteiger partial charge in [0.25, 0.3) is 0 Å². The molecule has 0 aliphatic rings. The van der Waals surface area contributed by atoms with Gasteiger partial charge in [-0.15, -0.1) is 11.3 Å². The van der Waals surface area contributed by atoms with Gasteiger partial charge in [0.1, 0.15) is 0 Å². The average molecular weight is 280 g/mol. The molecule has 0 radical (unpaired) electrons. The lowest BCUT2D eigenvalue weighted by molar-refractivity contribution is 1.34. The smallest absolute Gasteiger partial charge is 0.159 e. The third kappa shape index (κ3) is 1.57. The second kappa shape index (κ2) is 3.43. The third-order valence-electron chi connectivity index (χ3n) is 2.19. The lowest BCUT2D eigenvalue weighted by atomic mass is 10.1. The molecule has 1 aromatic carbocycles. The molecule has 1 N–H and O–H groups in total. The van der Waals surface area contributed by atoms with Crippen molar-refractivity contribution in [3.8, 4) is 11.3 Å². The van der Waals surface area contributed by atoms with E-state index in [4.69, 9.17) is 0 Å². The summed E-state index contributed by atoms with van der Waals surface area (Å²) in [6.07, 6.45) is 1.70. The predicted molar refractivity (Wildman–Crippen MR) is 64.9 cm³/mol. The normalized spacial score (nSPS) is 11.0. The Kier molecular flexibility index (Phi) is 2.07. The van der Waals surface area contributed by atoms with E-state index in [1.54, 1.807) is 17.7 Å². The summed E-state index contributed by atoms with van der Waals surface area (Å²) < 4.78 is 0.905. The van der Waals surface area contributed by atoms with Crippen molar-refractivity contribution in [2.75, 3.05) is 0 Å². The van der Waals surface area contributed by atoms with Gasteiger partial charge in [0.05, 0.1) is 23.1 Å². The molecule has 0 aliphatic heterocycles. The van der Waals surface area contributed by atoms with E-state index in [0.29, 0.717) is 0 Å². The van der Waals surface area contributed by atoms with Gasteiger partial charge >= 0.3 is 0 Å².